The number of nitrogens with zero attached hydrogens (tertiary/aromatic N) is 1. The summed E-state index contributed by atoms with van der Waals surface area (Å²) in [7, 11) is 1.49. The Morgan fingerprint density at radius 1 is 0.469 bits per heavy atom. The van der Waals surface area contributed by atoms with Gasteiger partial charge in [0.1, 0.15) is 19.8 Å². The predicted molar refractivity (Wildman–Crippen MR) is 271 cm³/mol. The van der Waals surface area contributed by atoms with E-state index in [1.165, 1.54) is 205 Å². The molecule has 0 aromatic rings. The molecule has 0 radical (unpaired) electrons. The molecule has 0 saturated carbocycles. The van der Waals surface area contributed by atoms with Crippen LogP contribution in [0.4, 0.5) is 0 Å². The summed E-state index contributed by atoms with van der Waals surface area (Å²) in [5, 5.41) is 0. The number of phosphoric ester groups is 1. The molecule has 0 aromatic heterocycles. The minimum absolute atomic E-state index is 0.0358. The Bertz CT molecular complexity index is 1100. The predicted octanol–water partition coefficient (Wildman–Crippen LogP) is 16.5. The smallest absolute Gasteiger partial charge is 0.462 e. The van der Waals surface area contributed by atoms with Crippen molar-refractivity contribution in [2.75, 3.05) is 47.5 Å². The summed E-state index contributed by atoms with van der Waals surface area (Å²) < 4.78 is 34.5. The summed E-state index contributed by atoms with van der Waals surface area (Å²) in [5.74, 6) is -0.782. The van der Waals surface area contributed by atoms with Gasteiger partial charge in [0.15, 0.2) is 6.10 Å². The van der Waals surface area contributed by atoms with Crippen LogP contribution in [0.25, 0.3) is 0 Å². The van der Waals surface area contributed by atoms with Crippen LogP contribution in [0, 0.1) is 0 Å². The summed E-state index contributed by atoms with van der Waals surface area (Å²) in [4.78, 5) is 35.5. The maximum Gasteiger partial charge on any atom is 0.472 e. The molecule has 0 aliphatic carbocycles. The molecule has 0 saturated heterocycles. The van der Waals surface area contributed by atoms with Crippen molar-refractivity contribution in [3.05, 3.63) is 12.2 Å². The fourth-order valence-electron chi connectivity index (χ4n) is 8.01. The first-order valence-electron chi connectivity index (χ1n) is 27.4. The van der Waals surface area contributed by atoms with Gasteiger partial charge in [0.25, 0.3) is 0 Å². The summed E-state index contributed by atoms with van der Waals surface area (Å²) in [6.45, 7) is 4.47. The van der Waals surface area contributed by atoms with Gasteiger partial charge in [0, 0.05) is 12.8 Å². The third kappa shape index (κ3) is 50.2. The molecule has 64 heavy (non-hydrogen) atoms. The molecule has 0 bridgehead atoms. The lowest BCUT2D eigenvalue weighted by Crippen LogP contribution is -2.37. The lowest BCUT2D eigenvalue weighted by molar-refractivity contribution is -0.870. The van der Waals surface area contributed by atoms with E-state index in [0.717, 1.165) is 32.1 Å². The molecule has 0 aliphatic heterocycles. The fraction of sp³-hybridized carbons (Fsp3) is 0.926. The molecule has 9 nitrogen and oxygen atoms in total. The number of carbonyl (C=O) groups is 2. The first-order chi connectivity index (χ1) is 31.0. The van der Waals surface area contributed by atoms with Crippen molar-refractivity contribution >= 4 is 19.8 Å². The Hall–Kier alpha value is -1.25. The van der Waals surface area contributed by atoms with Gasteiger partial charge in [-0.15, -0.1) is 0 Å². The molecule has 2 unspecified atom stereocenters. The second kappa shape index (κ2) is 46.8. The Labute approximate surface area is 396 Å². The number of rotatable bonds is 51. The van der Waals surface area contributed by atoms with Crippen LogP contribution < -0.4 is 0 Å². The molecule has 0 rings (SSSR count). The van der Waals surface area contributed by atoms with Crippen LogP contribution in [-0.4, -0.2) is 74.9 Å². The Morgan fingerprint density at radius 2 is 0.797 bits per heavy atom. The van der Waals surface area contributed by atoms with Crippen molar-refractivity contribution in [3.63, 3.8) is 0 Å². The number of allylic oxidation sites excluding steroid dienone is 2. The minimum atomic E-state index is -4.37. The van der Waals surface area contributed by atoms with Gasteiger partial charge in [-0.3, -0.25) is 18.6 Å². The maximum absolute atomic E-state index is 12.8. The monoisotopic (exact) mass is 929 g/mol. The standard InChI is InChI=1S/C54H106NO8P/c1-6-8-10-12-14-16-18-20-21-22-23-24-25-26-27-28-29-30-31-32-33-35-37-39-41-43-45-47-54(57)63-52(51-62-64(58,59)61-49-48-55(3,4)5)50-60-53(56)46-44-42-40-38-36-34-19-17-15-13-11-9-7-2/h22-23,52H,6-21,24-51H2,1-5H3/p+1/b23-22-. The van der Waals surface area contributed by atoms with E-state index >= 15 is 0 Å². The molecule has 1 N–H and O–H groups in total. The van der Waals surface area contributed by atoms with Crippen molar-refractivity contribution in [1.82, 2.24) is 0 Å². The van der Waals surface area contributed by atoms with Crippen molar-refractivity contribution in [1.29, 1.82) is 0 Å². The van der Waals surface area contributed by atoms with Gasteiger partial charge in [0.05, 0.1) is 27.7 Å². The molecule has 2 atom stereocenters. The lowest BCUT2D eigenvalue weighted by atomic mass is 10.0. The van der Waals surface area contributed by atoms with Crippen LogP contribution in [0.3, 0.4) is 0 Å². The van der Waals surface area contributed by atoms with Crippen LogP contribution in [0.2, 0.25) is 0 Å². The zero-order chi connectivity index (χ0) is 47.1. The number of hydrogen-bond acceptors (Lipinski definition) is 7. The molecule has 0 spiro atoms. The second-order valence-corrected chi connectivity index (χ2v) is 21.4. The van der Waals surface area contributed by atoms with E-state index in [-0.39, 0.29) is 25.6 Å². The van der Waals surface area contributed by atoms with Crippen molar-refractivity contribution in [2.24, 2.45) is 0 Å². The summed E-state index contributed by atoms with van der Waals surface area (Å²) in [5.41, 5.74) is 0. The zero-order valence-corrected chi connectivity index (χ0v) is 43.9. The van der Waals surface area contributed by atoms with Gasteiger partial charge in [0.2, 0.25) is 0 Å². The molecular formula is C54H107NO8P+. The fourth-order valence-corrected chi connectivity index (χ4v) is 8.75. The number of ether oxygens (including phenoxy) is 2. The van der Waals surface area contributed by atoms with E-state index in [2.05, 4.69) is 26.0 Å². The molecule has 0 aromatic carbocycles. The Balaban J connectivity index is 4.08. The first kappa shape index (κ1) is 62.8. The number of esters is 2. The van der Waals surface area contributed by atoms with Gasteiger partial charge in [-0.05, 0) is 38.5 Å². The Morgan fingerprint density at radius 3 is 1.16 bits per heavy atom. The molecule has 0 heterocycles. The molecule has 10 heteroatoms. The van der Waals surface area contributed by atoms with E-state index in [4.69, 9.17) is 18.5 Å². The molecule has 0 amide bonds. The van der Waals surface area contributed by atoms with Crippen LogP contribution >= 0.6 is 7.82 Å². The minimum Gasteiger partial charge on any atom is -0.462 e. The summed E-state index contributed by atoms with van der Waals surface area (Å²) in [6, 6.07) is 0. The normalized spacial score (nSPS) is 13.4. The highest BCUT2D eigenvalue weighted by atomic mass is 31.2. The van der Waals surface area contributed by atoms with Gasteiger partial charge >= 0.3 is 19.8 Å². The van der Waals surface area contributed by atoms with E-state index in [1.807, 2.05) is 21.1 Å². The van der Waals surface area contributed by atoms with Crippen LogP contribution in [-0.2, 0) is 32.7 Å². The Kier molecular flexibility index (Phi) is 45.9. The highest BCUT2D eigenvalue weighted by Gasteiger charge is 2.27. The number of likely N-dealkylation sites (N-methyl/N-ethyl adjacent to an activating group) is 1. The van der Waals surface area contributed by atoms with Gasteiger partial charge in [-0.2, -0.15) is 0 Å². The van der Waals surface area contributed by atoms with Crippen molar-refractivity contribution in [2.45, 2.75) is 277 Å². The maximum atomic E-state index is 12.8. The van der Waals surface area contributed by atoms with Crippen molar-refractivity contribution in [3.8, 4) is 0 Å². The highest BCUT2D eigenvalue weighted by Crippen LogP contribution is 2.43. The first-order valence-corrected chi connectivity index (χ1v) is 28.9. The number of carbonyl (C=O) groups excluding carboxylic acids is 2. The van der Waals surface area contributed by atoms with E-state index in [1.54, 1.807) is 0 Å². The SMILES string of the molecule is CCCCCCCCCC/C=C\CCCCCCCCCCCCCCCCCC(=O)OC(COC(=O)CCCCCCCCCCCCCCC)COP(=O)(O)OCC[N+](C)(C)C. The van der Waals surface area contributed by atoms with Crippen LogP contribution in [0.5, 0.6) is 0 Å². The van der Waals surface area contributed by atoms with Crippen molar-refractivity contribution < 1.29 is 42.1 Å². The second-order valence-electron chi connectivity index (χ2n) is 20.0. The zero-order valence-electron chi connectivity index (χ0n) is 43.0. The number of unbranched alkanes of at least 4 members (excludes halogenated alkanes) is 35. The average Bonchev–Trinajstić information content (AvgIpc) is 3.25. The third-order valence-corrected chi connectivity index (χ3v) is 13.3. The molecule has 0 aliphatic rings. The number of phosphoric acid groups is 1. The van der Waals surface area contributed by atoms with E-state index < -0.39 is 26.5 Å². The third-order valence-electron chi connectivity index (χ3n) is 12.3. The van der Waals surface area contributed by atoms with E-state index in [9.17, 15) is 19.0 Å². The van der Waals surface area contributed by atoms with Gasteiger partial charge < -0.3 is 18.9 Å². The van der Waals surface area contributed by atoms with Crippen LogP contribution in [0.15, 0.2) is 12.2 Å². The molecular weight excluding hydrogens is 822 g/mol. The lowest BCUT2D eigenvalue weighted by Gasteiger charge is -2.24. The molecule has 0 fully saturated rings. The number of quaternary nitrogens is 1. The van der Waals surface area contributed by atoms with E-state index in [0.29, 0.717) is 23.9 Å². The average molecular weight is 929 g/mol. The van der Waals surface area contributed by atoms with Gasteiger partial charge in [-0.1, -0.05) is 231 Å². The molecule has 380 valence electrons. The highest BCUT2D eigenvalue weighted by molar-refractivity contribution is 7.47. The largest absolute Gasteiger partial charge is 0.472 e. The van der Waals surface area contributed by atoms with Crippen LogP contribution in [0.1, 0.15) is 271 Å². The summed E-state index contributed by atoms with van der Waals surface area (Å²) >= 11 is 0. The quantitative estimate of drug-likeness (QED) is 0.0211. The summed E-state index contributed by atoms with van der Waals surface area (Å²) in [6.07, 6.45) is 52.8. The van der Waals surface area contributed by atoms with Gasteiger partial charge in [-0.25, -0.2) is 4.57 Å². The number of hydrogen-bond donors (Lipinski definition) is 1. The topological polar surface area (TPSA) is 108 Å².